The van der Waals surface area contributed by atoms with Crippen molar-refractivity contribution >= 4 is 11.3 Å². The molecular formula is C13H22N2S. The fraction of sp³-hybridized carbons (Fsp3) is 0.692. The average Bonchev–Trinajstić information content (AvgIpc) is 2.82. The van der Waals surface area contributed by atoms with Crippen molar-refractivity contribution in [2.24, 2.45) is 17.6 Å². The number of hydrogen-bond donors (Lipinski definition) is 1. The van der Waals surface area contributed by atoms with Crippen LogP contribution in [0.5, 0.6) is 0 Å². The molecule has 1 fully saturated rings. The van der Waals surface area contributed by atoms with Gasteiger partial charge in [0.25, 0.3) is 0 Å². The summed E-state index contributed by atoms with van der Waals surface area (Å²) in [5.74, 6) is 1.47. The van der Waals surface area contributed by atoms with Crippen molar-refractivity contribution < 1.29 is 0 Å². The third-order valence-electron chi connectivity index (χ3n) is 3.95. The summed E-state index contributed by atoms with van der Waals surface area (Å²) >= 11 is 1.86. The standard InChI is InChI=1S/C13H22N2S/c1-10-5-6-15(9-12(10)8-14)11(2)13-4-3-7-16-13/h3-4,7,10-12H,5-6,8-9,14H2,1-2H3. The lowest BCUT2D eigenvalue weighted by Gasteiger charge is -2.39. The van der Waals surface area contributed by atoms with Crippen LogP contribution in [0.15, 0.2) is 17.5 Å². The number of piperidine rings is 1. The van der Waals surface area contributed by atoms with Crippen LogP contribution in [0.4, 0.5) is 0 Å². The van der Waals surface area contributed by atoms with Gasteiger partial charge in [-0.3, -0.25) is 4.90 Å². The molecule has 0 saturated carbocycles. The Labute approximate surface area is 102 Å². The van der Waals surface area contributed by atoms with E-state index < -0.39 is 0 Å². The molecule has 2 heterocycles. The van der Waals surface area contributed by atoms with Gasteiger partial charge in [-0.2, -0.15) is 0 Å². The van der Waals surface area contributed by atoms with Gasteiger partial charge < -0.3 is 5.73 Å². The zero-order valence-electron chi connectivity index (χ0n) is 10.2. The van der Waals surface area contributed by atoms with Gasteiger partial charge in [0, 0.05) is 17.5 Å². The van der Waals surface area contributed by atoms with Crippen molar-refractivity contribution in [2.75, 3.05) is 19.6 Å². The van der Waals surface area contributed by atoms with Crippen LogP contribution in [-0.4, -0.2) is 24.5 Å². The first-order valence-electron chi connectivity index (χ1n) is 6.20. The second-order valence-electron chi connectivity index (χ2n) is 4.95. The SMILES string of the molecule is CC1CCN(C(C)c2cccs2)CC1CN. The number of hydrogen-bond acceptors (Lipinski definition) is 3. The van der Waals surface area contributed by atoms with Gasteiger partial charge >= 0.3 is 0 Å². The van der Waals surface area contributed by atoms with Crippen LogP contribution in [0.3, 0.4) is 0 Å². The number of nitrogens with two attached hydrogens (primary N) is 1. The maximum atomic E-state index is 5.85. The summed E-state index contributed by atoms with van der Waals surface area (Å²) in [4.78, 5) is 4.06. The van der Waals surface area contributed by atoms with E-state index in [0.29, 0.717) is 12.0 Å². The molecular weight excluding hydrogens is 216 g/mol. The van der Waals surface area contributed by atoms with Gasteiger partial charge in [0.1, 0.15) is 0 Å². The molecule has 0 amide bonds. The Morgan fingerprint density at radius 1 is 1.62 bits per heavy atom. The minimum absolute atomic E-state index is 0.557. The van der Waals surface area contributed by atoms with E-state index >= 15 is 0 Å². The second kappa shape index (κ2) is 5.30. The number of thiophene rings is 1. The smallest absolute Gasteiger partial charge is 0.0413 e. The minimum atomic E-state index is 0.557. The lowest BCUT2D eigenvalue weighted by molar-refractivity contribution is 0.0992. The zero-order valence-corrected chi connectivity index (χ0v) is 11.0. The van der Waals surface area contributed by atoms with Gasteiger partial charge in [-0.05, 0) is 49.7 Å². The molecule has 16 heavy (non-hydrogen) atoms. The highest BCUT2D eigenvalue weighted by atomic mass is 32.1. The van der Waals surface area contributed by atoms with Crippen molar-refractivity contribution in [3.63, 3.8) is 0 Å². The van der Waals surface area contributed by atoms with E-state index in [9.17, 15) is 0 Å². The summed E-state index contributed by atoms with van der Waals surface area (Å²) in [6, 6.07) is 4.94. The van der Waals surface area contributed by atoms with Gasteiger partial charge in [-0.25, -0.2) is 0 Å². The van der Waals surface area contributed by atoms with Gasteiger partial charge in [0.15, 0.2) is 0 Å². The Balaban J connectivity index is 2.00. The molecule has 0 spiro atoms. The Morgan fingerprint density at radius 3 is 3.06 bits per heavy atom. The summed E-state index contributed by atoms with van der Waals surface area (Å²) < 4.78 is 0. The Bertz CT molecular complexity index is 310. The van der Waals surface area contributed by atoms with Crippen LogP contribution in [0, 0.1) is 11.8 Å². The molecule has 1 aromatic rings. The molecule has 2 N–H and O–H groups in total. The Morgan fingerprint density at radius 2 is 2.44 bits per heavy atom. The van der Waals surface area contributed by atoms with Crippen LogP contribution in [-0.2, 0) is 0 Å². The molecule has 2 rings (SSSR count). The first-order valence-corrected chi connectivity index (χ1v) is 7.08. The van der Waals surface area contributed by atoms with Gasteiger partial charge in [-0.15, -0.1) is 11.3 Å². The van der Waals surface area contributed by atoms with Crippen LogP contribution in [0.2, 0.25) is 0 Å². The maximum absolute atomic E-state index is 5.85. The molecule has 1 aliphatic heterocycles. The molecule has 1 aliphatic rings. The number of rotatable bonds is 3. The summed E-state index contributed by atoms with van der Waals surface area (Å²) in [6.07, 6.45) is 1.29. The molecule has 0 aromatic carbocycles. The quantitative estimate of drug-likeness (QED) is 0.877. The maximum Gasteiger partial charge on any atom is 0.0413 e. The van der Waals surface area contributed by atoms with E-state index in [1.54, 1.807) is 0 Å². The van der Waals surface area contributed by atoms with Crippen molar-refractivity contribution in [1.29, 1.82) is 0 Å². The number of likely N-dealkylation sites (tertiary alicyclic amines) is 1. The fourth-order valence-corrected chi connectivity index (χ4v) is 3.36. The molecule has 1 saturated heterocycles. The van der Waals surface area contributed by atoms with Crippen LogP contribution >= 0.6 is 11.3 Å². The van der Waals surface area contributed by atoms with Crippen LogP contribution in [0.1, 0.15) is 31.2 Å². The van der Waals surface area contributed by atoms with Gasteiger partial charge in [0.2, 0.25) is 0 Å². The zero-order chi connectivity index (χ0) is 11.5. The van der Waals surface area contributed by atoms with E-state index in [1.165, 1.54) is 17.8 Å². The molecule has 0 aliphatic carbocycles. The third kappa shape index (κ3) is 2.47. The first kappa shape index (κ1) is 12.1. The predicted molar refractivity (Wildman–Crippen MR) is 70.6 cm³/mol. The molecule has 3 heteroatoms. The van der Waals surface area contributed by atoms with Crippen molar-refractivity contribution in [1.82, 2.24) is 4.90 Å². The van der Waals surface area contributed by atoms with Crippen molar-refractivity contribution in [3.05, 3.63) is 22.4 Å². The molecule has 90 valence electrons. The topological polar surface area (TPSA) is 29.3 Å². The Hall–Kier alpha value is -0.380. The predicted octanol–water partition coefficient (Wildman–Crippen LogP) is 2.73. The summed E-state index contributed by atoms with van der Waals surface area (Å²) in [6.45, 7) is 7.86. The van der Waals surface area contributed by atoms with Crippen molar-refractivity contribution in [3.8, 4) is 0 Å². The highest BCUT2D eigenvalue weighted by Crippen LogP contribution is 2.31. The molecule has 3 unspecified atom stereocenters. The largest absolute Gasteiger partial charge is 0.330 e. The van der Waals surface area contributed by atoms with E-state index in [-0.39, 0.29) is 0 Å². The van der Waals surface area contributed by atoms with E-state index in [4.69, 9.17) is 5.73 Å². The van der Waals surface area contributed by atoms with Crippen LogP contribution < -0.4 is 5.73 Å². The fourth-order valence-electron chi connectivity index (χ4n) is 2.55. The Kier molecular flexibility index (Phi) is 4.00. The molecule has 1 aromatic heterocycles. The van der Waals surface area contributed by atoms with E-state index in [2.05, 4.69) is 36.3 Å². The molecule has 2 nitrogen and oxygen atoms in total. The summed E-state index contributed by atoms with van der Waals surface area (Å²) in [5.41, 5.74) is 5.85. The second-order valence-corrected chi connectivity index (χ2v) is 5.93. The van der Waals surface area contributed by atoms with E-state index in [1.807, 2.05) is 11.3 Å². The summed E-state index contributed by atoms with van der Waals surface area (Å²) in [5, 5.41) is 2.17. The monoisotopic (exact) mass is 238 g/mol. The lowest BCUT2D eigenvalue weighted by Crippen LogP contribution is -2.43. The lowest BCUT2D eigenvalue weighted by atomic mass is 9.86. The number of nitrogens with zero attached hydrogens (tertiary/aromatic N) is 1. The molecule has 3 atom stereocenters. The highest BCUT2D eigenvalue weighted by molar-refractivity contribution is 7.10. The molecule has 0 bridgehead atoms. The average molecular weight is 238 g/mol. The van der Waals surface area contributed by atoms with Crippen molar-refractivity contribution in [2.45, 2.75) is 26.3 Å². The van der Waals surface area contributed by atoms with Gasteiger partial charge in [-0.1, -0.05) is 13.0 Å². The first-order chi connectivity index (χ1) is 7.72. The van der Waals surface area contributed by atoms with Gasteiger partial charge in [0.05, 0.1) is 0 Å². The molecule has 0 radical (unpaired) electrons. The summed E-state index contributed by atoms with van der Waals surface area (Å²) in [7, 11) is 0. The van der Waals surface area contributed by atoms with Crippen LogP contribution in [0.25, 0.3) is 0 Å². The van der Waals surface area contributed by atoms with E-state index in [0.717, 1.165) is 19.0 Å². The minimum Gasteiger partial charge on any atom is -0.330 e. The highest BCUT2D eigenvalue weighted by Gasteiger charge is 2.28. The normalized spacial score (nSPS) is 29.2. The third-order valence-corrected chi connectivity index (χ3v) is 4.99.